The van der Waals surface area contributed by atoms with Crippen LogP contribution in [0.3, 0.4) is 0 Å². The average molecular weight is 442 g/mol. The summed E-state index contributed by atoms with van der Waals surface area (Å²) in [7, 11) is 0. The number of rotatable bonds is 11. The van der Waals surface area contributed by atoms with E-state index in [-0.39, 0.29) is 24.1 Å². The van der Waals surface area contributed by atoms with E-state index in [2.05, 4.69) is 29.4 Å². The van der Waals surface area contributed by atoms with Crippen molar-refractivity contribution in [2.45, 2.75) is 44.4 Å². The molecular formula is C22H27N5O3S. The van der Waals surface area contributed by atoms with Crippen molar-refractivity contribution in [2.75, 3.05) is 5.75 Å². The van der Waals surface area contributed by atoms with Crippen molar-refractivity contribution in [3.8, 4) is 11.6 Å². The molecular weight excluding hydrogens is 414 g/mol. The standard InChI is InChI=1S/C22H27N5O3S/c1-15(2)13-17(16-7-4-3-5-8-16)24-20(29)14-31-22-26-25-21(18-9-6-12-30-18)27(22)11-10-19(23)28/h3-9,12,15,17H,10-11,13-14H2,1-2H3,(H2,23,28)(H,24,29). The number of benzene rings is 1. The number of thioether (sulfide) groups is 1. The Morgan fingerprint density at radius 2 is 1.94 bits per heavy atom. The van der Waals surface area contributed by atoms with Crippen LogP contribution in [-0.4, -0.2) is 32.3 Å². The molecule has 3 N–H and O–H groups in total. The molecule has 1 unspecified atom stereocenters. The number of carbonyl (C=O) groups is 2. The number of hydrogen-bond donors (Lipinski definition) is 2. The molecule has 8 nitrogen and oxygen atoms in total. The fraction of sp³-hybridized carbons (Fsp3) is 0.364. The molecule has 0 spiro atoms. The van der Waals surface area contributed by atoms with Crippen LogP contribution in [0, 0.1) is 5.92 Å². The third-order valence-electron chi connectivity index (χ3n) is 4.62. The van der Waals surface area contributed by atoms with E-state index in [0.717, 1.165) is 12.0 Å². The molecule has 3 rings (SSSR count). The van der Waals surface area contributed by atoms with Gasteiger partial charge in [0, 0.05) is 13.0 Å². The van der Waals surface area contributed by atoms with Gasteiger partial charge >= 0.3 is 0 Å². The van der Waals surface area contributed by atoms with Crippen LogP contribution >= 0.6 is 11.8 Å². The third kappa shape index (κ3) is 6.45. The zero-order valence-corrected chi connectivity index (χ0v) is 18.5. The summed E-state index contributed by atoms with van der Waals surface area (Å²) in [5.41, 5.74) is 6.40. The maximum Gasteiger partial charge on any atom is 0.230 e. The van der Waals surface area contributed by atoms with E-state index in [1.807, 2.05) is 30.3 Å². The Labute approximate surface area is 185 Å². The minimum Gasteiger partial charge on any atom is -0.461 e. The molecule has 3 aromatic rings. The summed E-state index contributed by atoms with van der Waals surface area (Å²) in [6, 6.07) is 13.4. The first kappa shape index (κ1) is 22.6. The minimum absolute atomic E-state index is 0.0549. The quantitative estimate of drug-likeness (QED) is 0.441. The number of furan rings is 1. The number of aromatic nitrogens is 3. The molecule has 0 radical (unpaired) electrons. The van der Waals surface area contributed by atoms with Gasteiger partial charge in [-0.15, -0.1) is 10.2 Å². The Bertz CT molecular complexity index is 986. The van der Waals surface area contributed by atoms with Crippen molar-refractivity contribution in [3.05, 3.63) is 54.3 Å². The van der Waals surface area contributed by atoms with E-state index >= 15 is 0 Å². The highest BCUT2D eigenvalue weighted by molar-refractivity contribution is 7.99. The van der Waals surface area contributed by atoms with Gasteiger partial charge in [0.1, 0.15) is 0 Å². The molecule has 9 heteroatoms. The first-order valence-electron chi connectivity index (χ1n) is 10.2. The van der Waals surface area contributed by atoms with Crippen molar-refractivity contribution in [1.29, 1.82) is 0 Å². The number of primary amides is 1. The Kier molecular flexibility index (Phi) is 7.88. The summed E-state index contributed by atoms with van der Waals surface area (Å²) in [5, 5.41) is 12.0. The van der Waals surface area contributed by atoms with Crippen LogP contribution in [0.1, 0.15) is 38.3 Å². The van der Waals surface area contributed by atoms with Gasteiger partial charge in [0.2, 0.25) is 11.8 Å². The fourth-order valence-electron chi connectivity index (χ4n) is 3.21. The van der Waals surface area contributed by atoms with E-state index in [0.29, 0.717) is 29.2 Å². The molecule has 2 heterocycles. The zero-order valence-electron chi connectivity index (χ0n) is 17.7. The third-order valence-corrected chi connectivity index (χ3v) is 5.58. The molecule has 2 amide bonds. The molecule has 0 fully saturated rings. The van der Waals surface area contributed by atoms with E-state index in [9.17, 15) is 9.59 Å². The smallest absolute Gasteiger partial charge is 0.230 e. The van der Waals surface area contributed by atoms with Gasteiger partial charge in [-0.25, -0.2) is 0 Å². The molecule has 2 aromatic heterocycles. The highest BCUT2D eigenvalue weighted by Crippen LogP contribution is 2.25. The highest BCUT2D eigenvalue weighted by Gasteiger charge is 2.20. The van der Waals surface area contributed by atoms with Gasteiger partial charge in [-0.05, 0) is 30.0 Å². The second kappa shape index (κ2) is 10.8. The van der Waals surface area contributed by atoms with E-state index in [4.69, 9.17) is 10.2 Å². The normalized spacial score (nSPS) is 12.1. The van der Waals surface area contributed by atoms with Gasteiger partial charge in [0.05, 0.1) is 18.1 Å². The van der Waals surface area contributed by atoms with Crippen LogP contribution < -0.4 is 11.1 Å². The molecule has 1 aromatic carbocycles. The lowest BCUT2D eigenvalue weighted by Gasteiger charge is -2.21. The van der Waals surface area contributed by atoms with Crippen LogP contribution in [0.15, 0.2) is 58.3 Å². The number of hydrogen-bond acceptors (Lipinski definition) is 6. The fourth-order valence-corrected chi connectivity index (χ4v) is 3.98. The predicted octanol–water partition coefficient (Wildman–Crippen LogP) is 3.41. The Hall–Kier alpha value is -3.07. The number of nitrogens with two attached hydrogens (primary N) is 1. The molecule has 164 valence electrons. The van der Waals surface area contributed by atoms with Gasteiger partial charge in [-0.3, -0.25) is 14.2 Å². The monoisotopic (exact) mass is 441 g/mol. The second-order valence-electron chi connectivity index (χ2n) is 7.60. The summed E-state index contributed by atoms with van der Waals surface area (Å²) in [5.74, 6) is 1.13. The molecule has 0 aliphatic rings. The summed E-state index contributed by atoms with van der Waals surface area (Å²) in [4.78, 5) is 24.0. The number of nitrogens with zero attached hydrogens (tertiary/aromatic N) is 3. The second-order valence-corrected chi connectivity index (χ2v) is 8.54. The average Bonchev–Trinajstić information content (AvgIpc) is 3.40. The van der Waals surface area contributed by atoms with Gasteiger partial charge in [-0.1, -0.05) is 55.9 Å². The minimum atomic E-state index is -0.424. The number of carbonyl (C=O) groups excluding carboxylic acids is 2. The lowest BCUT2D eigenvalue weighted by Crippen LogP contribution is -2.31. The lowest BCUT2D eigenvalue weighted by atomic mass is 9.97. The number of amides is 2. The molecule has 0 saturated heterocycles. The number of nitrogens with one attached hydrogen (secondary N) is 1. The van der Waals surface area contributed by atoms with Crippen molar-refractivity contribution in [1.82, 2.24) is 20.1 Å². The predicted molar refractivity (Wildman–Crippen MR) is 119 cm³/mol. The van der Waals surface area contributed by atoms with Crippen molar-refractivity contribution in [3.63, 3.8) is 0 Å². The summed E-state index contributed by atoms with van der Waals surface area (Å²) in [6.45, 7) is 4.57. The van der Waals surface area contributed by atoms with Crippen molar-refractivity contribution < 1.29 is 14.0 Å². The van der Waals surface area contributed by atoms with Crippen LogP contribution in [-0.2, 0) is 16.1 Å². The van der Waals surface area contributed by atoms with Crippen LogP contribution in [0.4, 0.5) is 0 Å². The molecule has 0 aliphatic carbocycles. The Balaban J connectivity index is 1.69. The highest BCUT2D eigenvalue weighted by atomic mass is 32.2. The van der Waals surface area contributed by atoms with Gasteiger partial charge in [0.15, 0.2) is 16.7 Å². The van der Waals surface area contributed by atoms with Gasteiger partial charge in [-0.2, -0.15) is 0 Å². The first-order chi connectivity index (χ1) is 14.9. The summed E-state index contributed by atoms with van der Waals surface area (Å²) >= 11 is 1.26. The summed E-state index contributed by atoms with van der Waals surface area (Å²) < 4.78 is 7.17. The van der Waals surface area contributed by atoms with Crippen LogP contribution in [0.25, 0.3) is 11.6 Å². The first-order valence-corrected chi connectivity index (χ1v) is 11.1. The van der Waals surface area contributed by atoms with Crippen molar-refractivity contribution >= 4 is 23.6 Å². The molecule has 0 bridgehead atoms. The zero-order chi connectivity index (χ0) is 22.2. The molecule has 0 saturated carbocycles. The lowest BCUT2D eigenvalue weighted by molar-refractivity contribution is -0.119. The van der Waals surface area contributed by atoms with Gasteiger partial charge < -0.3 is 15.5 Å². The topological polar surface area (TPSA) is 116 Å². The van der Waals surface area contributed by atoms with Crippen LogP contribution in [0.5, 0.6) is 0 Å². The molecule has 31 heavy (non-hydrogen) atoms. The maximum atomic E-state index is 12.7. The Morgan fingerprint density at radius 1 is 1.16 bits per heavy atom. The SMILES string of the molecule is CC(C)CC(NC(=O)CSc1nnc(-c2ccco2)n1CCC(N)=O)c1ccccc1. The summed E-state index contributed by atoms with van der Waals surface area (Å²) in [6.07, 6.45) is 2.52. The molecule has 0 aliphatic heterocycles. The largest absolute Gasteiger partial charge is 0.461 e. The van der Waals surface area contributed by atoms with Gasteiger partial charge in [0.25, 0.3) is 0 Å². The van der Waals surface area contributed by atoms with Crippen LogP contribution in [0.2, 0.25) is 0 Å². The maximum absolute atomic E-state index is 12.7. The Morgan fingerprint density at radius 3 is 2.58 bits per heavy atom. The van der Waals surface area contributed by atoms with E-state index in [1.54, 1.807) is 23.0 Å². The van der Waals surface area contributed by atoms with Crippen molar-refractivity contribution in [2.24, 2.45) is 11.7 Å². The van der Waals surface area contributed by atoms with E-state index in [1.165, 1.54) is 11.8 Å². The molecule has 1 atom stereocenters. The van der Waals surface area contributed by atoms with E-state index < -0.39 is 5.91 Å².